The first kappa shape index (κ1) is 13.7. The first-order valence-electron chi connectivity index (χ1n) is 6.28. The Kier molecular flexibility index (Phi) is 3.83. The van der Waals surface area contributed by atoms with Crippen LogP contribution in [-0.2, 0) is 11.2 Å². The first-order chi connectivity index (χ1) is 9.66. The van der Waals surface area contributed by atoms with Crippen molar-refractivity contribution in [3.63, 3.8) is 0 Å². The van der Waals surface area contributed by atoms with Gasteiger partial charge in [-0.1, -0.05) is 52.3 Å². The van der Waals surface area contributed by atoms with Crippen molar-refractivity contribution in [1.82, 2.24) is 0 Å². The summed E-state index contributed by atoms with van der Waals surface area (Å²) in [4.78, 5) is 0.870. The maximum atomic E-state index is 11.9. The molecule has 0 heterocycles. The second kappa shape index (κ2) is 5.60. The van der Waals surface area contributed by atoms with E-state index in [1.54, 1.807) is 6.26 Å². The molecule has 0 bridgehead atoms. The van der Waals surface area contributed by atoms with Crippen molar-refractivity contribution >= 4 is 37.9 Å². The summed E-state index contributed by atoms with van der Waals surface area (Å²) in [5.74, 6) is 0. The Morgan fingerprint density at radius 3 is 2.45 bits per heavy atom. The maximum Gasteiger partial charge on any atom is 0.160 e. The van der Waals surface area contributed by atoms with E-state index in [-0.39, 0.29) is 0 Å². The molecule has 0 spiro atoms. The summed E-state index contributed by atoms with van der Waals surface area (Å²) in [6, 6.07) is 20.3. The van der Waals surface area contributed by atoms with Gasteiger partial charge >= 0.3 is 0 Å². The zero-order valence-corrected chi connectivity index (χ0v) is 13.4. The average molecular weight is 345 g/mol. The van der Waals surface area contributed by atoms with Crippen molar-refractivity contribution in [1.29, 1.82) is 0 Å². The van der Waals surface area contributed by atoms with Crippen LogP contribution in [0.2, 0.25) is 0 Å². The Morgan fingerprint density at radius 1 is 0.950 bits per heavy atom. The Labute approximate surface area is 129 Å². The molecule has 0 amide bonds. The zero-order chi connectivity index (χ0) is 14.1. The molecular formula is C17H13BrOS. The molecule has 0 aromatic heterocycles. The van der Waals surface area contributed by atoms with Gasteiger partial charge in [-0.25, -0.2) is 0 Å². The van der Waals surface area contributed by atoms with Gasteiger partial charge in [0.15, 0.2) is 4.90 Å². The van der Waals surface area contributed by atoms with Crippen molar-refractivity contribution in [2.75, 3.05) is 6.26 Å². The number of hydrogen-bond acceptors (Lipinski definition) is 1. The molecule has 1 atom stereocenters. The molecular weight excluding hydrogens is 332 g/mol. The normalized spacial score (nSPS) is 12.6. The predicted molar refractivity (Wildman–Crippen MR) is 89.4 cm³/mol. The molecule has 3 aromatic carbocycles. The summed E-state index contributed by atoms with van der Waals surface area (Å²) in [7, 11) is 0. The fourth-order valence-electron chi connectivity index (χ4n) is 2.38. The van der Waals surface area contributed by atoms with Crippen LogP contribution >= 0.6 is 15.9 Å². The monoisotopic (exact) mass is 344 g/mol. The summed E-state index contributed by atoms with van der Waals surface area (Å²) >= 11 is 2.63. The van der Waals surface area contributed by atoms with Crippen LogP contribution < -0.4 is 0 Å². The summed E-state index contributed by atoms with van der Waals surface area (Å²) in [6.07, 6.45) is 1.72. The van der Waals surface area contributed by atoms with E-state index in [0.717, 1.165) is 20.5 Å². The van der Waals surface area contributed by atoms with E-state index in [1.807, 2.05) is 36.4 Å². The minimum atomic E-state index is -0.997. The van der Waals surface area contributed by atoms with E-state index in [9.17, 15) is 4.55 Å². The fraction of sp³-hybridized carbons (Fsp3) is 0.0588. The molecule has 1 nitrogen and oxygen atoms in total. The van der Waals surface area contributed by atoms with Crippen molar-refractivity contribution < 1.29 is 4.55 Å². The summed E-state index contributed by atoms with van der Waals surface area (Å²) < 4.78 is 12.9. The van der Waals surface area contributed by atoms with Crippen LogP contribution in [0.3, 0.4) is 0 Å². The van der Waals surface area contributed by atoms with Crippen LogP contribution in [0, 0.1) is 0 Å². The lowest BCUT2D eigenvalue weighted by Gasteiger charge is -2.12. The SMILES string of the molecule is C[S+]([O-])c1ccccc1-c1cc(Br)c2ccccc2c1. The van der Waals surface area contributed by atoms with Gasteiger partial charge in [-0.15, -0.1) is 0 Å². The molecule has 0 radical (unpaired) electrons. The highest BCUT2D eigenvalue weighted by Gasteiger charge is 2.13. The number of benzene rings is 3. The summed E-state index contributed by atoms with van der Waals surface area (Å²) in [5, 5.41) is 2.36. The van der Waals surface area contributed by atoms with Gasteiger partial charge in [0, 0.05) is 10.0 Å². The topological polar surface area (TPSA) is 23.1 Å². The minimum absolute atomic E-state index is 0.870. The molecule has 3 rings (SSSR count). The molecule has 3 aromatic rings. The van der Waals surface area contributed by atoms with E-state index >= 15 is 0 Å². The summed E-state index contributed by atoms with van der Waals surface area (Å²) in [6.45, 7) is 0. The van der Waals surface area contributed by atoms with Gasteiger partial charge in [0.25, 0.3) is 0 Å². The van der Waals surface area contributed by atoms with Crippen LogP contribution in [0.5, 0.6) is 0 Å². The van der Waals surface area contributed by atoms with E-state index in [0.29, 0.717) is 0 Å². The van der Waals surface area contributed by atoms with Crippen molar-refractivity contribution in [2.24, 2.45) is 0 Å². The van der Waals surface area contributed by atoms with Gasteiger partial charge in [0.05, 0.1) is 0 Å². The quantitative estimate of drug-likeness (QED) is 0.599. The Morgan fingerprint density at radius 2 is 1.65 bits per heavy atom. The molecule has 0 saturated heterocycles. The van der Waals surface area contributed by atoms with Crippen LogP contribution in [0.15, 0.2) is 70.0 Å². The smallest absolute Gasteiger partial charge is 0.160 e. The summed E-state index contributed by atoms with van der Waals surface area (Å²) in [5.41, 5.74) is 2.11. The number of rotatable bonds is 2. The molecule has 0 saturated carbocycles. The second-order valence-electron chi connectivity index (χ2n) is 4.63. The van der Waals surface area contributed by atoms with Crippen LogP contribution in [-0.4, -0.2) is 10.8 Å². The molecule has 1 unspecified atom stereocenters. The van der Waals surface area contributed by atoms with Crippen molar-refractivity contribution in [3.8, 4) is 11.1 Å². The third kappa shape index (κ3) is 2.49. The Hall–Kier alpha value is -1.29. The van der Waals surface area contributed by atoms with Crippen LogP contribution in [0.1, 0.15) is 0 Å². The van der Waals surface area contributed by atoms with Gasteiger partial charge in [-0.2, -0.15) is 0 Å². The average Bonchev–Trinajstić information content (AvgIpc) is 2.47. The van der Waals surface area contributed by atoms with E-state index < -0.39 is 11.2 Å². The van der Waals surface area contributed by atoms with Crippen molar-refractivity contribution in [3.05, 3.63) is 65.1 Å². The van der Waals surface area contributed by atoms with Crippen molar-refractivity contribution in [2.45, 2.75) is 4.90 Å². The minimum Gasteiger partial charge on any atom is -0.612 e. The molecule has 0 aliphatic heterocycles. The number of fused-ring (bicyclic) bond motifs is 1. The fourth-order valence-corrected chi connectivity index (χ4v) is 3.75. The third-order valence-corrected chi connectivity index (χ3v) is 4.95. The molecule has 3 heteroatoms. The van der Waals surface area contributed by atoms with Gasteiger partial charge in [0.2, 0.25) is 0 Å². The maximum absolute atomic E-state index is 11.9. The second-order valence-corrected chi connectivity index (χ2v) is 6.83. The molecule has 0 aliphatic carbocycles. The standard InChI is InChI=1S/C17H13BrOS/c1-20(19)17-9-5-4-8-15(17)13-10-12-6-2-3-7-14(12)16(18)11-13/h2-11H,1H3. The highest BCUT2D eigenvalue weighted by molar-refractivity contribution is 9.10. The number of hydrogen-bond donors (Lipinski definition) is 0. The lowest BCUT2D eigenvalue weighted by atomic mass is 10.0. The lowest BCUT2D eigenvalue weighted by molar-refractivity contribution is 0.601. The van der Waals surface area contributed by atoms with Gasteiger partial charge in [-0.05, 0) is 51.8 Å². The largest absolute Gasteiger partial charge is 0.612 e. The van der Waals surface area contributed by atoms with Gasteiger partial charge < -0.3 is 4.55 Å². The third-order valence-electron chi connectivity index (χ3n) is 3.32. The van der Waals surface area contributed by atoms with Gasteiger partial charge in [0.1, 0.15) is 6.26 Å². The molecule has 0 aliphatic rings. The highest BCUT2D eigenvalue weighted by Crippen LogP contribution is 2.33. The Balaban J connectivity index is 2.25. The molecule has 0 N–H and O–H groups in total. The molecule has 100 valence electrons. The number of halogens is 1. The molecule has 0 fully saturated rings. The Bertz CT molecular complexity index is 768. The molecule has 20 heavy (non-hydrogen) atoms. The highest BCUT2D eigenvalue weighted by atomic mass is 79.9. The van der Waals surface area contributed by atoms with E-state index in [2.05, 4.69) is 40.2 Å². The van der Waals surface area contributed by atoms with Crippen LogP contribution in [0.4, 0.5) is 0 Å². The van der Waals surface area contributed by atoms with Crippen LogP contribution in [0.25, 0.3) is 21.9 Å². The van der Waals surface area contributed by atoms with E-state index in [4.69, 9.17) is 0 Å². The first-order valence-corrected chi connectivity index (χ1v) is 8.63. The lowest BCUT2D eigenvalue weighted by Crippen LogP contribution is -1.99. The zero-order valence-electron chi connectivity index (χ0n) is 11.0. The van der Waals surface area contributed by atoms with E-state index in [1.165, 1.54) is 10.8 Å². The van der Waals surface area contributed by atoms with Gasteiger partial charge in [-0.3, -0.25) is 0 Å². The predicted octanol–water partition coefficient (Wildman–Crippen LogP) is 5.01.